The van der Waals surface area contributed by atoms with E-state index in [1.54, 1.807) is 0 Å². The molecule has 0 radical (unpaired) electrons. The van der Waals surface area contributed by atoms with Gasteiger partial charge in [0.2, 0.25) is 10.0 Å². The van der Waals surface area contributed by atoms with E-state index in [4.69, 9.17) is 0 Å². The Morgan fingerprint density at radius 1 is 0.957 bits per heavy atom. The van der Waals surface area contributed by atoms with Crippen LogP contribution in [0.25, 0.3) is 0 Å². The van der Waals surface area contributed by atoms with E-state index >= 15 is 0 Å². The van der Waals surface area contributed by atoms with Crippen molar-refractivity contribution in [2.24, 2.45) is 0 Å². The second kappa shape index (κ2) is 6.93. The van der Waals surface area contributed by atoms with Crippen molar-refractivity contribution >= 4 is 21.6 Å². The van der Waals surface area contributed by atoms with Gasteiger partial charge in [-0.1, -0.05) is 26.0 Å². The van der Waals surface area contributed by atoms with Gasteiger partial charge < -0.3 is 5.32 Å². The summed E-state index contributed by atoms with van der Waals surface area (Å²) in [5.74, 6) is 0.150. The van der Waals surface area contributed by atoms with Gasteiger partial charge in [-0.3, -0.25) is 4.79 Å². The second-order valence-corrected chi connectivity index (χ2v) is 7.35. The lowest BCUT2D eigenvalue weighted by atomic mass is 10.0. The van der Waals surface area contributed by atoms with Gasteiger partial charge in [0.1, 0.15) is 0 Å². The molecule has 0 aliphatic rings. The van der Waals surface area contributed by atoms with E-state index in [1.807, 2.05) is 24.3 Å². The molecule has 2 N–H and O–H groups in total. The van der Waals surface area contributed by atoms with E-state index in [9.17, 15) is 13.2 Å². The Balaban J connectivity index is 2.12. The van der Waals surface area contributed by atoms with Crippen molar-refractivity contribution in [3.8, 4) is 0 Å². The molecule has 0 aliphatic heterocycles. The van der Waals surface area contributed by atoms with Gasteiger partial charge in [-0.2, -0.15) is 0 Å². The lowest BCUT2D eigenvalue weighted by molar-refractivity contribution is 0.102. The third kappa shape index (κ3) is 4.18. The first kappa shape index (κ1) is 17.2. The second-order valence-electron chi connectivity index (χ2n) is 5.46. The molecule has 23 heavy (non-hydrogen) atoms. The Morgan fingerprint density at radius 2 is 1.52 bits per heavy atom. The minimum Gasteiger partial charge on any atom is -0.322 e. The molecule has 0 unspecified atom stereocenters. The standard InChI is InChI=1S/C17H20N2O3S/c1-12(2)13-4-8-15(9-5-13)19-17(20)14-6-10-16(11-7-14)23(21,22)18-3/h4-12,18H,1-3H3,(H,19,20). The summed E-state index contributed by atoms with van der Waals surface area (Å²) in [6.07, 6.45) is 0. The van der Waals surface area contributed by atoms with Crippen LogP contribution in [-0.2, 0) is 10.0 Å². The van der Waals surface area contributed by atoms with Gasteiger partial charge in [-0.25, -0.2) is 13.1 Å². The number of carbonyl (C=O) groups excluding carboxylic acids is 1. The number of carbonyl (C=O) groups is 1. The van der Waals surface area contributed by atoms with Crippen molar-refractivity contribution in [1.29, 1.82) is 0 Å². The van der Waals surface area contributed by atoms with Crippen LogP contribution in [0.1, 0.15) is 35.7 Å². The molecule has 0 heterocycles. The van der Waals surface area contributed by atoms with Crippen LogP contribution in [0.5, 0.6) is 0 Å². The highest BCUT2D eigenvalue weighted by Crippen LogP contribution is 2.18. The number of hydrogen-bond donors (Lipinski definition) is 2. The predicted octanol–water partition coefficient (Wildman–Crippen LogP) is 2.97. The quantitative estimate of drug-likeness (QED) is 0.884. The Hall–Kier alpha value is -2.18. The Morgan fingerprint density at radius 3 is 2.00 bits per heavy atom. The number of rotatable bonds is 5. The first-order valence-electron chi connectivity index (χ1n) is 7.28. The molecule has 0 aromatic heterocycles. The maximum absolute atomic E-state index is 12.2. The van der Waals surface area contributed by atoms with Gasteiger partial charge in [0.05, 0.1) is 4.90 Å². The van der Waals surface area contributed by atoms with Gasteiger partial charge in [0, 0.05) is 11.3 Å². The summed E-state index contributed by atoms with van der Waals surface area (Å²) in [4.78, 5) is 12.3. The molecule has 1 amide bonds. The largest absolute Gasteiger partial charge is 0.322 e. The Labute approximate surface area is 136 Å². The van der Waals surface area contributed by atoms with E-state index < -0.39 is 10.0 Å². The molecular weight excluding hydrogens is 312 g/mol. The SMILES string of the molecule is CNS(=O)(=O)c1ccc(C(=O)Nc2ccc(C(C)C)cc2)cc1. The van der Waals surface area contributed by atoms with Crippen molar-refractivity contribution in [2.45, 2.75) is 24.7 Å². The highest BCUT2D eigenvalue weighted by atomic mass is 32.2. The molecule has 0 bridgehead atoms. The highest BCUT2D eigenvalue weighted by molar-refractivity contribution is 7.89. The topological polar surface area (TPSA) is 75.3 Å². The first-order valence-corrected chi connectivity index (χ1v) is 8.76. The van der Waals surface area contributed by atoms with E-state index in [0.717, 1.165) is 0 Å². The minimum absolute atomic E-state index is 0.123. The summed E-state index contributed by atoms with van der Waals surface area (Å²) in [6, 6.07) is 13.4. The third-order valence-electron chi connectivity index (χ3n) is 3.53. The van der Waals surface area contributed by atoms with Gasteiger partial charge >= 0.3 is 0 Å². The number of anilines is 1. The fourth-order valence-electron chi connectivity index (χ4n) is 2.06. The number of benzene rings is 2. The van der Waals surface area contributed by atoms with Gasteiger partial charge in [-0.15, -0.1) is 0 Å². The molecule has 122 valence electrons. The van der Waals surface area contributed by atoms with Gasteiger partial charge in [0.15, 0.2) is 0 Å². The zero-order valence-corrected chi connectivity index (χ0v) is 14.1. The van der Waals surface area contributed by atoms with Crippen LogP contribution in [0.2, 0.25) is 0 Å². The maximum atomic E-state index is 12.2. The lowest BCUT2D eigenvalue weighted by Crippen LogP contribution is -2.19. The van der Waals surface area contributed by atoms with Crippen LogP contribution < -0.4 is 10.0 Å². The molecule has 0 fully saturated rings. The molecule has 2 aromatic rings. The fourth-order valence-corrected chi connectivity index (χ4v) is 2.79. The first-order chi connectivity index (χ1) is 10.8. The molecule has 0 spiro atoms. The Bertz CT molecular complexity index is 780. The summed E-state index contributed by atoms with van der Waals surface area (Å²) in [5, 5.41) is 2.79. The molecular formula is C17H20N2O3S. The number of hydrogen-bond acceptors (Lipinski definition) is 3. The molecule has 6 heteroatoms. The third-order valence-corrected chi connectivity index (χ3v) is 4.96. The van der Waals surface area contributed by atoms with Crippen LogP contribution >= 0.6 is 0 Å². The maximum Gasteiger partial charge on any atom is 0.255 e. The smallest absolute Gasteiger partial charge is 0.255 e. The van der Waals surface area contributed by atoms with E-state index in [2.05, 4.69) is 23.9 Å². The monoisotopic (exact) mass is 332 g/mol. The summed E-state index contributed by atoms with van der Waals surface area (Å²) in [6.45, 7) is 4.21. The van der Waals surface area contributed by atoms with Crippen molar-refractivity contribution in [3.05, 3.63) is 59.7 Å². The number of sulfonamides is 1. The molecule has 0 atom stereocenters. The molecule has 2 rings (SSSR count). The van der Waals surface area contributed by atoms with Crippen molar-refractivity contribution in [1.82, 2.24) is 4.72 Å². The van der Waals surface area contributed by atoms with Crippen molar-refractivity contribution in [2.75, 3.05) is 12.4 Å². The lowest BCUT2D eigenvalue weighted by Gasteiger charge is -2.09. The fraction of sp³-hybridized carbons (Fsp3) is 0.235. The zero-order valence-electron chi connectivity index (χ0n) is 13.3. The average Bonchev–Trinajstić information content (AvgIpc) is 2.55. The summed E-state index contributed by atoms with van der Waals surface area (Å²) < 4.78 is 25.5. The van der Waals surface area contributed by atoms with Gasteiger partial charge in [-0.05, 0) is 54.9 Å². The molecule has 2 aromatic carbocycles. The number of nitrogens with one attached hydrogen (secondary N) is 2. The molecule has 0 aliphatic carbocycles. The zero-order chi connectivity index (χ0) is 17.0. The van der Waals surface area contributed by atoms with Crippen molar-refractivity contribution in [3.63, 3.8) is 0 Å². The van der Waals surface area contributed by atoms with Crippen molar-refractivity contribution < 1.29 is 13.2 Å². The van der Waals surface area contributed by atoms with E-state index in [0.29, 0.717) is 17.2 Å². The molecule has 0 saturated heterocycles. The van der Waals surface area contributed by atoms with Crippen LogP contribution in [-0.4, -0.2) is 21.4 Å². The summed E-state index contributed by atoms with van der Waals surface area (Å²) in [5.41, 5.74) is 2.30. The van der Waals surface area contributed by atoms with Crippen LogP contribution in [0.3, 0.4) is 0 Å². The molecule has 0 saturated carbocycles. The highest BCUT2D eigenvalue weighted by Gasteiger charge is 2.12. The summed E-state index contributed by atoms with van der Waals surface area (Å²) in [7, 11) is -2.15. The summed E-state index contributed by atoms with van der Waals surface area (Å²) >= 11 is 0. The normalized spacial score (nSPS) is 11.5. The van der Waals surface area contributed by atoms with E-state index in [-0.39, 0.29) is 10.8 Å². The average molecular weight is 332 g/mol. The molecule has 5 nitrogen and oxygen atoms in total. The number of amides is 1. The van der Waals surface area contributed by atoms with Crippen LogP contribution in [0.4, 0.5) is 5.69 Å². The van der Waals surface area contributed by atoms with Crippen LogP contribution in [0, 0.1) is 0 Å². The van der Waals surface area contributed by atoms with Gasteiger partial charge in [0.25, 0.3) is 5.91 Å². The van der Waals surface area contributed by atoms with E-state index in [1.165, 1.54) is 36.9 Å². The predicted molar refractivity (Wildman–Crippen MR) is 91.2 cm³/mol. The van der Waals surface area contributed by atoms with Crippen LogP contribution in [0.15, 0.2) is 53.4 Å². The Kier molecular flexibility index (Phi) is 5.18. The minimum atomic E-state index is -3.49.